The van der Waals surface area contributed by atoms with Crippen LogP contribution >= 0.6 is 0 Å². The van der Waals surface area contributed by atoms with Crippen LogP contribution in [-0.2, 0) is 4.79 Å². The molecular weight excluding hydrogens is 138 g/mol. The number of amides is 1. The predicted molar refractivity (Wildman–Crippen MR) is 45.2 cm³/mol. The van der Waals surface area contributed by atoms with Crippen LogP contribution in [0.4, 0.5) is 0 Å². The summed E-state index contributed by atoms with van der Waals surface area (Å²) in [5.41, 5.74) is 0. The first kappa shape index (κ1) is 8.57. The lowest BCUT2D eigenvalue weighted by atomic mass is 9.88. The van der Waals surface area contributed by atoms with E-state index in [1.807, 2.05) is 0 Å². The molecule has 2 heteroatoms. The van der Waals surface area contributed by atoms with Gasteiger partial charge in [0.2, 0.25) is 5.91 Å². The van der Waals surface area contributed by atoms with Crippen LogP contribution in [0.15, 0.2) is 0 Å². The number of carbonyl (C=O) groups excluding carboxylic acids is 1. The number of hydrogen-bond donors (Lipinski definition) is 1. The van der Waals surface area contributed by atoms with E-state index in [0.717, 1.165) is 12.8 Å². The summed E-state index contributed by atoms with van der Waals surface area (Å²) in [5.74, 6) is 1.42. The Hall–Kier alpha value is -0.530. The minimum Gasteiger partial charge on any atom is -0.353 e. The topological polar surface area (TPSA) is 29.1 Å². The van der Waals surface area contributed by atoms with Crippen molar-refractivity contribution in [2.75, 3.05) is 0 Å². The summed E-state index contributed by atoms with van der Waals surface area (Å²) in [6, 6.07) is 0.433. The molecule has 64 valence electrons. The molecule has 1 aliphatic rings. The fraction of sp³-hybridized carbons (Fsp3) is 0.889. The van der Waals surface area contributed by atoms with Crippen LogP contribution in [0, 0.1) is 11.8 Å². The van der Waals surface area contributed by atoms with Crippen LogP contribution in [0.1, 0.15) is 33.6 Å². The molecule has 0 aromatic carbocycles. The molecular formula is C9H17NO. The molecule has 11 heavy (non-hydrogen) atoms. The maximum Gasteiger partial charge on any atom is 0.220 e. The van der Waals surface area contributed by atoms with Crippen molar-refractivity contribution in [2.24, 2.45) is 11.8 Å². The number of hydrogen-bond acceptors (Lipinski definition) is 1. The third-order valence-corrected chi connectivity index (χ3v) is 2.58. The Morgan fingerprint density at radius 1 is 1.64 bits per heavy atom. The van der Waals surface area contributed by atoms with E-state index in [-0.39, 0.29) is 5.91 Å². The molecule has 0 spiro atoms. The number of carbonyl (C=O) groups is 1. The standard InChI is InChI=1S/C9H17NO/c1-4-8-7(6(2)3)5-9(11)10-8/h6-8H,4-5H2,1-3H3,(H,10,11). The molecule has 0 saturated carbocycles. The molecule has 1 heterocycles. The number of nitrogens with one attached hydrogen (secondary N) is 1. The summed E-state index contributed by atoms with van der Waals surface area (Å²) in [5, 5.41) is 3.00. The van der Waals surface area contributed by atoms with Gasteiger partial charge in [0, 0.05) is 12.5 Å². The van der Waals surface area contributed by atoms with Gasteiger partial charge in [-0.15, -0.1) is 0 Å². The van der Waals surface area contributed by atoms with E-state index in [0.29, 0.717) is 17.9 Å². The van der Waals surface area contributed by atoms with Gasteiger partial charge in [-0.3, -0.25) is 4.79 Å². The second-order valence-electron chi connectivity index (χ2n) is 3.69. The van der Waals surface area contributed by atoms with Crippen molar-refractivity contribution in [3.63, 3.8) is 0 Å². The molecule has 0 aromatic heterocycles. The van der Waals surface area contributed by atoms with Crippen LogP contribution in [0.3, 0.4) is 0 Å². The molecule has 2 nitrogen and oxygen atoms in total. The summed E-state index contributed by atoms with van der Waals surface area (Å²) >= 11 is 0. The van der Waals surface area contributed by atoms with Crippen LogP contribution in [0.2, 0.25) is 0 Å². The summed E-state index contributed by atoms with van der Waals surface area (Å²) in [6.07, 6.45) is 1.80. The third kappa shape index (κ3) is 1.73. The van der Waals surface area contributed by atoms with Gasteiger partial charge in [-0.2, -0.15) is 0 Å². The average Bonchev–Trinajstić information content (AvgIpc) is 2.30. The van der Waals surface area contributed by atoms with Crippen molar-refractivity contribution >= 4 is 5.91 Å². The molecule has 1 amide bonds. The van der Waals surface area contributed by atoms with Gasteiger partial charge >= 0.3 is 0 Å². The normalized spacial score (nSPS) is 31.1. The maximum absolute atomic E-state index is 11.0. The molecule has 1 aliphatic heterocycles. The molecule has 2 unspecified atom stereocenters. The Labute approximate surface area is 68.4 Å². The minimum absolute atomic E-state index is 0.232. The SMILES string of the molecule is CCC1NC(=O)CC1C(C)C. The summed E-state index contributed by atoms with van der Waals surface area (Å²) < 4.78 is 0. The zero-order chi connectivity index (χ0) is 8.43. The van der Waals surface area contributed by atoms with Crippen LogP contribution in [-0.4, -0.2) is 11.9 Å². The molecule has 1 rings (SSSR count). The van der Waals surface area contributed by atoms with E-state index in [2.05, 4.69) is 26.1 Å². The van der Waals surface area contributed by atoms with Crippen LogP contribution < -0.4 is 5.32 Å². The van der Waals surface area contributed by atoms with Gasteiger partial charge in [-0.25, -0.2) is 0 Å². The zero-order valence-electron chi connectivity index (χ0n) is 7.55. The monoisotopic (exact) mass is 155 g/mol. The first-order valence-corrected chi connectivity index (χ1v) is 4.44. The molecule has 0 bridgehead atoms. The van der Waals surface area contributed by atoms with Gasteiger partial charge in [-0.05, 0) is 18.3 Å². The van der Waals surface area contributed by atoms with Gasteiger partial charge in [0.05, 0.1) is 0 Å². The minimum atomic E-state index is 0.232. The molecule has 1 fully saturated rings. The summed E-state index contributed by atoms with van der Waals surface area (Å²) in [4.78, 5) is 11.0. The smallest absolute Gasteiger partial charge is 0.220 e. The highest BCUT2D eigenvalue weighted by atomic mass is 16.2. The van der Waals surface area contributed by atoms with E-state index in [9.17, 15) is 4.79 Å². The lowest BCUT2D eigenvalue weighted by molar-refractivity contribution is -0.119. The van der Waals surface area contributed by atoms with Gasteiger partial charge in [0.1, 0.15) is 0 Å². The lowest BCUT2D eigenvalue weighted by Gasteiger charge is -2.20. The van der Waals surface area contributed by atoms with Crippen LogP contribution in [0.25, 0.3) is 0 Å². The van der Waals surface area contributed by atoms with Gasteiger partial charge in [-0.1, -0.05) is 20.8 Å². The predicted octanol–water partition coefficient (Wildman–Crippen LogP) is 1.56. The van der Waals surface area contributed by atoms with E-state index >= 15 is 0 Å². The molecule has 1 N–H and O–H groups in total. The summed E-state index contributed by atoms with van der Waals surface area (Å²) in [6.45, 7) is 6.51. The molecule has 2 atom stereocenters. The molecule has 1 saturated heterocycles. The second kappa shape index (κ2) is 3.24. The highest BCUT2D eigenvalue weighted by Gasteiger charge is 2.32. The van der Waals surface area contributed by atoms with Crippen molar-refractivity contribution in [1.29, 1.82) is 0 Å². The van der Waals surface area contributed by atoms with Gasteiger partial charge in [0.25, 0.3) is 0 Å². The van der Waals surface area contributed by atoms with Crippen molar-refractivity contribution in [3.8, 4) is 0 Å². The van der Waals surface area contributed by atoms with Gasteiger partial charge in [0.15, 0.2) is 0 Å². The fourth-order valence-electron chi connectivity index (χ4n) is 1.83. The first-order chi connectivity index (χ1) is 5.15. The lowest BCUT2D eigenvalue weighted by Crippen LogP contribution is -2.29. The summed E-state index contributed by atoms with van der Waals surface area (Å²) in [7, 11) is 0. The van der Waals surface area contributed by atoms with E-state index in [1.165, 1.54) is 0 Å². The highest BCUT2D eigenvalue weighted by molar-refractivity contribution is 5.79. The fourth-order valence-corrected chi connectivity index (χ4v) is 1.83. The Morgan fingerprint density at radius 3 is 2.64 bits per heavy atom. The Balaban J connectivity index is 2.57. The largest absolute Gasteiger partial charge is 0.353 e. The van der Waals surface area contributed by atoms with E-state index < -0.39 is 0 Å². The van der Waals surface area contributed by atoms with Crippen molar-refractivity contribution in [1.82, 2.24) is 5.32 Å². The molecule has 0 aromatic rings. The molecule has 0 radical (unpaired) electrons. The van der Waals surface area contributed by atoms with E-state index in [4.69, 9.17) is 0 Å². The second-order valence-corrected chi connectivity index (χ2v) is 3.69. The van der Waals surface area contributed by atoms with E-state index in [1.54, 1.807) is 0 Å². The van der Waals surface area contributed by atoms with Gasteiger partial charge < -0.3 is 5.32 Å². The Bertz CT molecular complexity index is 154. The third-order valence-electron chi connectivity index (χ3n) is 2.58. The zero-order valence-corrected chi connectivity index (χ0v) is 7.55. The average molecular weight is 155 g/mol. The number of rotatable bonds is 2. The Kier molecular flexibility index (Phi) is 2.53. The quantitative estimate of drug-likeness (QED) is 0.644. The maximum atomic E-state index is 11.0. The highest BCUT2D eigenvalue weighted by Crippen LogP contribution is 2.26. The van der Waals surface area contributed by atoms with Crippen molar-refractivity contribution in [3.05, 3.63) is 0 Å². The Morgan fingerprint density at radius 2 is 2.27 bits per heavy atom. The van der Waals surface area contributed by atoms with Crippen molar-refractivity contribution < 1.29 is 4.79 Å². The van der Waals surface area contributed by atoms with Crippen LogP contribution in [0.5, 0.6) is 0 Å². The molecule has 0 aliphatic carbocycles. The van der Waals surface area contributed by atoms with Crippen molar-refractivity contribution in [2.45, 2.75) is 39.7 Å². The first-order valence-electron chi connectivity index (χ1n) is 4.44.